The molecule has 1 heterocycles. The van der Waals surface area contributed by atoms with Crippen LogP contribution < -0.4 is 10.1 Å². The van der Waals surface area contributed by atoms with Gasteiger partial charge in [-0.1, -0.05) is 6.07 Å². The summed E-state index contributed by atoms with van der Waals surface area (Å²) in [5.41, 5.74) is -0.936. The first-order valence-electron chi connectivity index (χ1n) is 9.93. The maximum atomic E-state index is 12.8. The molecular weight excluding hydrogens is 483 g/mol. The van der Waals surface area contributed by atoms with Gasteiger partial charge in [0.2, 0.25) is 10.0 Å². The van der Waals surface area contributed by atoms with E-state index in [4.69, 9.17) is 4.74 Å². The molecule has 182 valence electrons. The molecule has 3 rings (SSSR count). The lowest BCUT2D eigenvalue weighted by molar-refractivity contribution is -0.137. The van der Waals surface area contributed by atoms with Gasteiger partial charge in [0, 0.05) is 44.8 Å². The SMILES string of the molecule is COc1ccc(S(=O)(=O)N2CCN(CCNC(=O)c3cccc(C(F)(F)F)c3)CC2)cc1.Cl. The highest BCUT2D eigenvalue weighted by Gasteiger charge is 2.31. The van der Waals surface area contributed by atoms with Crippen molar-refractivity contribution in [2.45, 2.75) is 11.1 Å². The molecular formula is C21H25ClF3N3O4S. The van der Waals surface area contributed by atoms with Crippen LogP contribution in [0, 0.1) is 0 Å². The molecule has 0 unspecified atom stereocenters. The van der Waals surface area contributed by atoms with Crippen molar-refractivity contribution in [3.8, 4) is 5.75 Å². The van der Waals surface area contributed by atoms with E-state index in [0.29, 0.717) is 38.5 Å². The molecule has 0 spiro atoms. The summed E-state index contributed by atoms with van der Waals surface area (Å²) < 4.78 is 70.4. The van der Waals surface area contributed by atoms with Crippen molar-refractivity contribution in [2.24, 2.45) is 0 Å². The molecule has 0 aliphatic carbocycles. The van der Waals surface area contributed by atoms with Crippen molar-refractivity contribution in [3.05, 3.63) is 59.7 Å². The molecule has 0 aromatic heterocycles. The third kappa shape index (κ3) is 6.83. The van der Waals surface area contributed by atoms with E-state index < -0.39 is 27.7 Å². The van der Waals surface area contributed by atoms with E-state index in [1.54, 1.807) is 12.1 Å². The molecule has 1 aliphatic rings. The summed E-state index contributed by atoms with van der Waals surface area (Å²) in [7, 11) is -2.10. The monoisotopic (exact) mass is 507 g/mol. The molecule has 0 bridgehead atoms. The average molecular weight is 508 g/mol. The summed E-state index contributed by atoms with van der Waals surface area (Å²) in [6.07, 6.45) is -4.51. The molecule has 2 aromatic rings. The van der Waals surface area contributed by atoms with Gasteiger partial charge in [-0.2, -0.15) is 17.5 Å². The van der Waals surface area contributed by atoms with Crippen molar-refractivity contribution in [1.29, 1.82) is 0 Å². The minimum absolute atomic E-state index is 0. The number of hydrogen-bond donors (Lipinski definition) is 1. The summed E-state index contributed by atoms with van der Waals surface area (Å²) in [6, 6.07) is 10.4. The maximum absolute atomic E-state index is 12.8. The Kier molecular flexibility index (Phi) is 9.12. The van der Waals surface area contributed by atoms with E-state index >= 15 is 0 Å². The van der Waals surface area contributed by atoms with E-state index in [0.717, 1.165) is 12.1 Å². The van der Waals surface area contributed by atoms with Gasteiger partial charge in [0.15, 0.2) is 0 Å². The van der Waals surface area contributed by atoms with Crippen LogP contribution in [0.5, 0.6) is 5.75 Å². The van der Waals surface area contributed by atoms with Gasteiger partial charge in [-0.05, 0) is 42.5 Å². The number of hydrogen-bond acceptors (Lipinski definition) is 5. The van der Waals surface area contributed by atoms with Crippen molar-refractivity contribution in [3.63, 3.8) is 0 Å². The standard InChI is InChI=1S/C21H24F3N3O4S.ClH/c1-31-18-5-7-19(8-6-18)32(29,30)27-13-11-26(12-14-27)10-9-25-20(28)16-3-2-4-17(15-16)21(22,23)24;/h2-8,15H,9-14H2,1H3,(H,25,28);1H. The number of carbonyl (C=O) groups is 1. The minimum atomic E-state index is -4.51. The molecule has 1 fully saturated rings. The predicted molar refractivity (Wildman–Crippen MR) is 119 cm³/mol. The van der Waals surface area contributed by atoms with Crippen LogP contribution in [0.3, 0.4) is 0 Å². The third-order valence-corrected chi connectivity index (χ3v) is 7.11. The molecule has 1 aliphatic heterocycles. The smallest absolute Gasteiger partial charge is 0.416 e. The van der Waals surface area contributed by atoms with Crippen molar-refractivity contribution in [1.82, 2.24) is 14.5 Å². The molecule has 2 aromatic carbocycles. The molecule has 12 heteroatoms. The first-order valence-corrected chi connectivity index (χ1v) is 11.4. The van der Waals surface area contributed by atoms with Gasteiger partial charge in [-0.15, -0.1) is 12.4 Å². The highest BCUT2D eigenvalue weighted by Crippen LogP contribution is 2.29. The van der Waals surface area contributed by atoms with E-state index in [1.807, 2.05) is 4.90 Å². The Balaban J connectivity index is 0.00000385. The zero-order chi connectivity index (χ0) is 23.4. The number of sulfonamides is 1. The van der Waals surface area contributed by atoms with E-state index in [-0.39, 0.29) is 29.4 Å². The summed E-state index contributed by atoms with van der Waals surface area (Å²) >= 11 is 0. The third-order valence-electron chi connectivity index (χ3n) is 5.19. The normalized spacial score (nSPS) is 15.5. The van der Waals surface area contributed by atoms with Crippen LogP contribution in [-0.2, 0) is 16.2 Å². The number of piperazine rings is 1. The predicted octanol–water partition coefficient (Wildman–Crippen LogP) is 2.87. The maximum Gasteiger partial charge on any atom is 0.416 e. The first-order chi connectivity index (χ1) is 15.1. The zero-order valence-electron chi connectivity index (χ0n) is 17.8. The van der Waals surface area contributed by atoms with Crippen molar-refractivity contribution in [2.75, 3.05) is 46.4 Å². The van der Waals surface area contributed by atoms with E-state index in [9.17, 15) is 26.4 Å². The lowest BCUT2D eigenvalue weighted by atomic mass is 10.1. The zero-order valence-corrected chi connectivity index (χ0v) is 19.5. The second kappa shape index (κ2) is 11.2. The Bertz CT molecular complexity index is 1040. The fraction of sp³-hybridized carbons (Fsp3) is 0.381. The van der Waals surface area contributed by atoms with Gasteiger partial charge >= 0.3 is 6.18 Å². The fourth-order valence-electron chi connectivity index (χ4n) is 3.36. The number of rotatable bonds is 7. The first kappa shape index (κ1) is 26.9. The number of carbonyl (C=O) groups excluding carboxylic acids is 1. The van der Waals surface area contributed by atoms with Gasteiger partial charge in [0.25, 0.3) is 5.91 Å². The van der Waals surface area contributed by atoms with Crippen LogP contribution in [0.15, 0.2) is 53.4 Å². The van der Waals surface area contributed by atoms with Gasteiger partial charge in [-0.25, -0.2) is 8.42 Å². The fourth-order valence-corrected chi connectivity index (χ4v) is 4.78. The van der Waals surface area contributed by atoms with Crippen LogP contribution in [0.1, 0.15) is 15.9 Å². The number of amides is 1. The molecule has 7 nitrogen and oxygen atoms in total. The van der Waals surface area contributed by atoms with E-state index in [2.05, 4.69) is 5.32 Å². The minimum Gasteiger partial charge on any atom is -0.497 e. The van der Waals surface area contributed by atoms with Crippen LogP contribution in [0.2, 0.25) is 0 Å². The summed E-state index contributed by atoms with van der Waals surface area (Å²) in [5.74, 6) is -0.0160. The molecule has 1 amide bonds. The molecule has 33 heavy (non-hydrogen) atoms. The highest BCUT2D eigenvalue weighted by atomic mass is 35.5. The van der Waals surface area contributed by atoms with Crippen LogP contribution in [0.25, 0.3) is 0 Å². The Hall–Kier alpha value is -2.34. The van der Waals surface area contributed by atoms with Gasteiger partial charge in [-0.3, -0.25) is 9.69 Å². The summed E-state index contributed by atoms with van der Waals surface area (Å²) in [4.78, 5) is 14.3. The number of nitrogens with zero attached hydrogens (tertiary/aromatic N) is 2. The summed E-state index contributed by atoms with van der Waals surface area (Å²) in [6.45, 7) is 2.26. The molecule has 0 atom stereocenters. The van der Waals surface area contributed by atoms with Crippen LogP contribution in [-0.4, -0.2) is 69.9 Å². The highest BCUT2D eigenvalue weighted by molar-refractivity contribution is 7.89. The van der Waals surface area contributed by atoms with Gasteiger partial charge in [0.1, 0.15) is 5.75 Å². The number of ether oxygens (including phenoxy) is 1. The lowest BCUT2D eigenvalue weighted by Crippen LogP contribution is -2.50. The Labute approximate surface area is 197 Å². The second-order valence-corrected chi connectivity index (χ2v) is 9.19. The number of methoxy groups -OCH3 is 1. The van der Waals surface area contributed by atoms with Gasteiger partial charge < -0.3 is 10.1 Å². The molecule has 1 saturated heterocycles. The summed E-state index contributed by atoms with van der Waals surface area (Å²) in [5, 5.41) is 2.61. The number of alkyl halides is 3. The van der Waals surface area contributed by atoms with Crippen molar-refractivity contribution < 1.29 is 31.1 Å². The lowest BCUT2D eigenvalue weighted by Gasteiger charge is -2.34. The topological polar surface area (TPSA) is 79.0 Å². The van der Waals surface area contributed by atoms with Crippen LogP contribution >= 0.6 is 12.4 Å². The Morgan fingerprint density at radius 1 is 1.06 bits per heavy atom. The number of halogens is 4. The number of benzene rings is 2. The second-order valence-electron chi connectivity index (χ2n) is 7.26. The van der Waals surface area contributed by atoms with Crippen LogP contribution in [0.4, 0.5) is 13.2 Å². The number of nitrogens with one attached hydrogen (secondary N) is 1. The largest absolute Gasteiger partial charge is 0.497 e. The quantitative estimate of drug-likeness (QED) is 0.623. The molecule has 0 saturated carbocycles. The Morgan fingerprint density at radius 2 is 1.70 bits per heavy atom. The molecule has 0 radical (unpaired) electrons. The average Bonchev–Trinajstić information content (AvgIpc) is 2.79. The molecule has 1 N–H and O–H groups in total. The Morgan fingerprint density at radius 3 is 2.27 bits per heavy atom. The van der Waals surface area contributed by atoms with Crippen molar-refractivity contribution >= 4 is 28.3 Å². The van der Waals surface area contributed by atoms with Gasteiger partial charge in [0.05, 0.1) is 17.6 Å². The van der Waals surface area contributed by atoms with E-state index in [1.165, 1.54) is 35.7 Å².